The predicted octanol–water partition coefficient (Wildman–Crippen LogP) is -0.916. The zero-order chi connectivity index (χ0) is 14.7. The Labute approximate surface area is 119 Å². The third-order valence-electron chi connectivity index (χ3n) is 2.54. The van der Waals surface area contributed by atoms with Crippen LogP contribution in [0.15, 0.2) is 25.0 Å². The highest BCUT2D eigenvalue weighted by molar-refractivity contribution is 5.37. The number of aryl methyl sites for hydroxylation is 1. The van der Waals surface area contributed by atoms with Crippen LogP contribution in [-0.4, -0.2) is 39.3 Å². The third kappa shape index (κ3) is 2.92. The van der Waals surface area contributed by atoms with E-state index in [1.807, 2.05) is 0 Å². The van der Waals surface area contributed by atoms with E-state index in [1.165, 1.54) is 0 Å². The van der Waals surface area contributed by atoms with Gasteiger partial charge in [0.15, 0.2) is 5.82 Å². The van der Waals surface area contributed by atoms with Crippen molar-refractivity contribution in [2.45, 2.75) is 6.54 Å². The van der Waals surface area contributed by atoms with Crippen molar-refractivity contribution in [3.8, 4) is 5.95 Å². The Bertz CT molecular complexity index is 716. The van der Waals surface area contributed by atoms with Gasteiger partial charge in [-0.25, -0.2) is 15.8 Å². The summed E-state index contributed by atoms with van der Waals surface area (Å²) < 4.78 is 3.26. The fourth-order valence-corrected chi connectivity index (χ4v) is 1.62. The SMILES string of the molecule is Cn1cnc(CNc2nc(NN)nc(-n3ccnc3)n2)n1. The number of hydrogen-bond donors (Lipinski definition) is 3. The van der Waals surface area contributed by atoms with Gasteiger partial charge in [0.25, 0.3) is 0 Å². The topological polar surface area (TPSA) is 137 Å². The molecular weight excluding hydrogens is 274 g/mol. The van der Waals surface area contributed by atoms with Gasteiger partial charge in [-0.05, 0) is 0 Å². The van der Waals surface area contributed by atoms with Crippen LogP contribution in [0.4, 0.5) is 11.9 Å². The lowest BCUT2D eigenvalue weighted by Crippen LogP contribution is -2.15. The Kier molecular flexibility index (Phi) is 3.39. The van der Waals surface area contributed by atoms with E-state index in [2.05, 4.69) is 40.8 Å². The molecule has 0 unspecified atom stereocenters. The van der Waals surface area contributed by atoms with Gasteiger partial charge in [0.05, 0.1) is 6.54 Å². The molecule has 0 aliphatic heterocycles. The Morgan fingerprint density at radius 3 is 2.71 bits per heavy atom. The van der Waals surface area contributed by atoms with Crippen molar-refractivity contribution in [1.82, 2.24) is 39.3 Å². The van der Waals surface area contributed by atoms with Crippen molar-refractivity contribution >= 4 is 11.9 Å². The molecule has 3 rings (SSSR count). The molecule has 0 aromatic carbocycles. The van der Waals surface area contributed by atoms with Gasteiger partial charge >= 0.3 is 0 Å². The van der Waals surface area contributed by atoms with Gasteiger partial charge in [-0.3, -0.25) is 14.7 Å². The minimum Gasteiger partial charge on any atom is -0.347 e. The molecule has 0 amide bonds. The van der Waals surface area contributed by atoms with Crippen LogP contribution in [0.3, 0.4) is 0 Å². The number of hydrazine groups is 1. The number of imidazole rings is 1. The zero-order valence-electron chi connectivity index (χ0n) is 11.2. The molecule has 0 spiro atoms. The summed E-state index contributed by atoms with van der Waals surface area (Å²) >= 11 is 0. The van der Waals surface area contributed by atoms with Gasteiger partial charge in [-0.2, -0.15) is 20.1 Å². The zero-order valence-corrected chi connectivity index (χ0v) is 11.2. The standard InChI is InChI=1S/C10H13N11/c1-20-6-14-7(19-20)4-13-8-15-9(18-11)17-10(16-8)21-3-2-12-5-21/h2-3,5-6H,4,11H2,1H3,(H2,13,15,16,17,18). The van der Waals surface area contributed by atoms with Gasteiger partial charge in [0.2, 0.25) is 17.8 Å². The monoisotopic (exact) mass is 287 g/mol. The number of nitrogens with two attached hydrogens (primary N) is 1. The Hall–Kier alpha value is -3.08. The van der Waals surface area contributed by atoms with Crippen LogP contribution in [0.5, 0.6) is 0 Å². The number of anilines is 2. The van der Waals surface area contributed by atoms with Gasteiger partial charge in [-0.1, -0.05) is 0 Å². The Balaban J connectivity index is 1.82. The molecule has 0 aliphatic carbocycles. The summed E-state index contributed by atoms with van der Waals surface area (Å²) in [6.45, 7) is 0.387. The number of nitrogens with one attached hydrogen (secondary N) is 2. The van der Waals surface area contributed by atoms with Crippen molar-refractivity contribution < 1.29 is 0 Å². The van der Waals surface area contributed by atoms with E-state index >= 15 is 0 Å². The Morgan fingerprint density at radius 2 is 2.05 bits per heavy atom. The summed E-state index contributed by atoms with van der Waals surface area (Å²) in [4.78, 5) is 20.6. The molecule has 11 heteroatoms. The van der Waals surface area contributed by atoms with E-state index in [-0.39, 0.29) is 5.95 Å². The van der Waals surface area contributed by atoms with E-state index in [0.717, 1.165) is 0 Å². The highest BCUT2D eigenvalue weighted by Crippen LogP contribution is 2.08. The lowest BCUT2D eigenvalue weighted by atomic mass is 10.6. The summed E-state index contributed by atoms with van der Waals surface area (Å²) in [6, 6.07) is 0. The first-order chi connectivity index (χ1) is 10.2. The minimum absolute atomic E-state index is 0.241. The van der Waals surface area contributed by atoms with Gasteiger partial charge < -0.3 is 5.32 Å². The second-order valence-electron chi connectivity index (χ2n) is 4.08. The summed E-state index contributed by atoms with van der Waals surface area (Å²) in [7, 11) is 1.80. The summed E-state index contributed by atoms with van der Waals surface area (Å²) in [6.07, 6.45) is 6.55. The number of aromatic nitrogens is 8. The molecule has 0 radical (unpaired) electrons. The van der Waals surface area contributed by atoms with Crippen LogP contribution in [0.25, 0.3) is 5.95 Å². The van der Waals surface area contributed by atoms with E-state index in [4.69, 9.17) is 5.84 Å². The molecule has 0 saturated carbocycles. The van der Waals surface area contributed by atoms with Crippen LogP contribution in [0.1, 0.15) is 5.82 Å². The quantitative estimate of drug-likeness (QED) is 0.402. The van der Waals surface area contributed by atoms with Crippen LogP contribution < -0.4 is 16.6 Å². The average molecular weight is 287 g/mol. The molecular formula is C10H13N11. The molecule has 0 bridgehead atoms. The first-order valence-corrected chi connectivity index (χ1v) is 6.04. The fraction of sp³-hybridized carbons (Fsp3) is 0.200. The van der Waals surface area contributed by atoms with Crippen LogP contribution in [0, 0.1) is 0 Å². The first-order valence-electron chi connectivity index (χ1n) is 6.04. The molecule has 0 atom stereocenters. The average Bonchev–Trinajstić information content (AvgIpc) is 3.16. The predicted molar refractivity (Wildman–Crippen MR) is 73.1 cm³/mol. The molecule has 3 aromatic heterocycles. The summed E-state index contributed by atoms with van der Waals surface area (Å²) in [5.41, 5.74) is 2.40. The maximum atomic E-state index is 5.37. The maximum Gasteiger partial charge on any atom is 0.243 e. The largest absolute Gasteiger partial charge is 0.347 e. The second kappa shape index (κ2) is 5.50. The van der Waals surface area contributed by atoms with Gasteiger partial charge in [-0.15, -0.1) is 0 Å². The smallest absolute Gasteiger partial charge is 0.243 e. The van der Waals surface area contributed by atoms with E-state index in [1.54, 1.807) is 41.3 Å². The highest BCUT2D eigenvalue weighted by atomic mass is 15.4. The number of nitrogen functional groups attached to an aromatic ring is 1. The van der Waals surface area contributed by atoms with E-state index in [0.29, 0.717) is 24.3 Å². The van der Waals surface area contributed by atoms with Crippen LogP contribution in [-0.2, 0) is 13.6 Å². The maximum absolute atomic E-state index is 5.37. The van der Waals surface area contributed by atoms with E-state index < -0.39 is 0 Å². The summed E-state index contributed by atoms with van der Waals surface area (Å²) in [5, 5.41) is 7.18. The van der Waals surface area contributed by atoms with Crippen molar-refractivity contribution in [2.75, 3.05) is 10.7 Å². The molecule has 4 N–H and O–H groups in total. The third-order valence-corrected chi connectivity index (χ3v) is 2.54. The first kappa shape index (κ1) is 12.9. The molecule has 3 aromatic rings. The molecule has 0 aliphatic rings. The molecule has 0 fully saturated rings. The fourth-order valence-electron chi connectivity index (χ4n) is 1.62. The van der Waals surface area contributed by atoms with Crippen molar-refractivity contribution in [1.29, 1.82) is 0 Å². The van der Waals surface area contributed by atoms with Crippen molar-refractivity contribution in [3.05, 3.63) is 30.9 Å². The minimum atomic E-state index is 0.241. The molecule has 108 valence electrons. The molecule has 0 saturated heterocycles. The second-order valence-corrected chi connectivity index (χ2v) is 4.08. The number of hydrogen-bond acceptors (Lipinski definition) is 9. The van der Waals surface area contributed by atoms with Crippen LogP contribution in [0.2, 0.25) is 0 Å². The molecule has 11 nitrogen and oxygen atoms in total. The molecule has 3 heterocycles. The lowest BCUT2D eigenvalue weighted by Gasteiger charge is -2.07. The lowest BCUT2D eigenvalue weighted by molar-refractivity contribution is 0.746. The van der Waals surface area contributed by atoms with Crippen molar-refractivity contribution in [2.24, 2.45) is 12.9 Å². The molecule has 21 heavy (non-hydrogen) atoms. The number of nitrogens with zero attached hydrogens (tertiary/aromatic N) is 8. The van der Waals surface area contributed by atoms with Gasteiger partial charge in [0.1, 0.15) is 12.7 Å². The van der Waals surface area contributed by atoms with Crippen LogP contribution >= 0.6 is 0 Å². The van der Waals surface area contributed by atoms with E-state index in [9.17, 15) is 0 Å². The van der Waals surface area contributed by atoms with Crippen molar-refractivity contribution in [3.63, 3.8) is 0 Å². The van der Waals surface area contributed by atoms with Gasteiger partial charge in [0, 0.05) is 19.4 Å². The number of rotatable bonds is 5. The summed E-state index contributed by atoms with van der Waals surface area (Å²) in [5.74, 6) is 6.99. The normalized spacial score (nSPS) is 10.6. The highest BCUT2D eigenvalue weighted by Gasteiger charge is 2.08. The Morgan fingerprint density at radius 1 is 1.19 bits per heavy atom.